The molecule has 0 unspecified atom stereocenters. The molecule has 5 heteroatoms. The van der Waals surface area contributed by atoms with Gasteiger partial charge in [0.25, 0.3) is 0 Å². The van der Waals surface area contributed by atoms with Gasteiger partial charge in [-0.05, 0) is 68.6 Å². The van der Waals surface area contributed by atoms with Crippen LogP contribution in [0.1, 0.15) is 49.7 Å². The Morgan fingerprint density at radius 2 is 1.88 bits per heavy atom. The molecule has 132 valence electrons. The number of aryl methyl sites for hydroxylation is 2. The Kier molecular flexibility index (Phi) is 4.86. The predicted molar refractivity (Wildman–Crippen MR) is 103 cm³/mol. The van der Waals surface area contributed by atoms with Gasteiger partial charge in [-0.25, -0.2) is 4.98 Å². The lowest BCUT2D eigenvalue weighted by atomic mass is 9.86. The van der Waals surface area contributed by atoms with Gasteiger partial charge in [0.05, 0.1) is 5.69 Å². The molecule has 1 fully saturated rings. The van der Waals surface area contributed by atoms with Crippen LogP contribution in [0.3, 0.4) is 0 Å². The van der Waals surface area contributed by atoms with E-state index in [9.17, 15) is 4.79 Å². The first-order valence-electron chi connectivity index (χ1n) is 9.33. The summed E-state index contributed by atoms with van der Waals surface area (Å²) in [6.45, 7) is 0. The van der Waals surface area contributed by atoms with Gasteiger partial charge in [0.1, 0.15) is 0 Å². The number of thiazole rings is 1. The molecule has 0 saturated heterocycles. The molecule has 2 aliphatic carbocycles. The van der Waals surface area contributed by atoms with Crippen LogP contribution in [-0.4, -0.2) is 16.9 Å². The number of rotatable bonds is 3. The van der Waals surface area contributed by atoms with Gasteiger partial charge in [-0.3, -0.25) is 4.79 Å². The van der Waals surface area contributed by atoms with Crippen molar-refractivity contribution in [1.82, 2.24) is 4.98 Å². The van der Waals surface area contributed by atoms with Crippen molar-refractivity contribution < 1.29 is 4.79 Å². The molecule has 4 nitrogen and oxygen atoms in total. The maximum atomic E-state index is 12.4. The summed E-state index contributed by atoms with van der Waals surface area (Å²) in [6.07, 6.45) is 8.59. The van der Waals surface area contributed by atoms with Crippen molar-refractivity contribution in [2.24, 2.45) is 11.7 Å². The number of fused-ring (bicyclic) bond motifs is 1. The number of amides is 1. The smallest absolute Gasteiger partial charge is 0.229 e. The maximum Gasteiger partial charge on any atom is 0.229 e. The molecule has 2 aromatic rings. The Labute approximate surface area is 152 Å². The Bertz CT molecular complexity index is 762. The van der Waals surface area contributed by atoms with E-state index in [4.69, 9.17) is 5.73 Å². The molecule has 1 saturated carbocycles. The van der Waals surface area contributed by atoms with Gasteiger partial charge < -0.3 is 11.1 Å². The van der Waals surface area contributed by atoms with Crippen LogP contribution < -0.4 is 11.1 Å². The third-order valence-corrected chi connectivity index (χ3v) is 6.28. The van der Waals surface area contributed by atoms with Gasteiger partial charge in [-0.2, -0.15) is 0 Å². The quantitative estimate of drug-likeness (QED) is 0.869. The monoisotopic (exact) mass is 355 g/mol. The van der Waals surface area contributed by atoms with Crippen LogP contribution in [0.25, 0.3) is 11.3 Å². The summed E-state index contributed by atoms with van der Waals surface area (Å²) in [5, 5.41) is 5.75. The second-order valence-corrected chi connectivity index (χ2v) is 8.19. The highest BCUT2D eigenvalue weighted by Crippen LogP contribution is 2.30. The minimum Gasteiger partial charge on any atom is -0.328 e. The number of nitrogens with zero attached hydrogens (tertiary/aromatic N) is 1. The summed E-state index contributed by atoms with van der Waals surface area (Å²) in [5.41, 5.74) is 11.0. The Balaban J connectivity index is 1.44. The predicted octanol–water partition coefficient (Wildman–Crippen LogP) is 4.14. The first-order chi connectivity index (χ1) is 12.2. The standard InChI is InChI=1S/C20H25N3OS/c21-17-9-7-14(8-10-17)19(24)23-20-22-18(12-25-20)16-6-5-13-3-1-2-4-15(13)11-16/h5-6,11-12,14,17H,1-4,7-10,21H2,(H,22,23,24). The van der Waals surface area contributed by atoms with Crippen LogP contribution in [0.4, 0.5) is 5.13 Å². The fourth-order valence-corrected chi connectivity index (χ4v) is 4.67. The molecular weight excluding hydrogens is 330 g/mol. The summed E-state index contributed by atoms with van der Waals surface area (Å²) >= 11 is 1.51. The zero-order valence-electron chi connectivity index (χ0n) is 14.5. The summed E-state index contributed by atoms with van der Waals surface area (Å²) in [7, 11) is 0. The minimum absolute atomic E-state index is 0.0795. The van der Waals surface area contributed by atoms with Gasteiger partial charge in [-0.15, -0.1) is 11.3 Å². The number of nitrogens with two attached hydrogens (primary N) is 1. The number of hydrogen-bond donors (Lipinski definition) is 2. The lowest BCUT2D eigenvalue weighted by Gasteiger charge is -2.24. The Morgan fingerprint density at radius 1 is 1.12 bits per heavy atom. The largest absolute Gasteiger partial charge is 0.328 e. The number of carbonyl (C=O) groups excluding carboxylic acids is 1. The van der Waals surface area contributed by atoms with Gasteiger partial charge >= 0.3 is 0 Å². The van der Waals surface area contributed by atoms with Crippen LogP contribution >= 0.6 is 11.3 Å². The molecule has 0 radical (unpaired) electrons. The lowest BCUT2D eigenvalue weighted by molar-refractivity contribution is -0.120. The summed E-state index contributed by atoms with van der Waals surface area (Å²) in [6, 6.07) is 6.94. The molecule has 1 aromatic heterocycles. The fourth-order valence-electron chi connectivity index (χ4n) is 3.95. The molecule has 1 amide bonds. The number of benzene rings is 1. The highest BCUT2D eigenvalue weighted by molar-refractivity contribution is 7.14. The third-order valence-electron chi connectivity index (χ3n) is 5.52. The Morgan fingerprint density at radius 3 is 2.68 bits per heavy atom. The minimum atomic E-state index is 0.0795. The van der Waals surface area contributed by atoms with Gasteiger partial charge in [-0.1, -0.05) is 12.1 Å². The van der Waals surface area contributed by atoms with Crippen molar-refractivity contribution in [3.05, 3.63) is 34.7 Å². The van der Waals surface area contributed by atoms with Crippen molar-refractivity contribution in [2.45, 2.75) is 57.4 Å². The SMILES string of the molecule is NC1CCC(C(=O)Nc2nc(-c3ccc4c(c3)CCCC4)cs2)CC1. The number of nitrogens with one attached hydrogen (secondary N) is 1. The van der Waals surface area contributed by atoms with Crippen molar-refractivity contribution >= 4 is 22.4 Å². The molecule has 25 heavy (non-hydrogen) atoms. The third kappa shape index (κ3) is 3.77. The summed E-state index contributed by atoms with van der Waals surface area (Å²) in [5.74, 6) is 0.175. The molecule has 0 spiro atoms. The summed E-state index contributed by atoms with van der Waals surface area (Å²) < 4.78 is 0. The molecular formula is C20H25N3OS. The van der Waals surface area contributed by atoms with Crippen LogP contribution in [0, 0.1) is 5.92 Å². The molecule has 0 atom stereocenters. The van der Waals surface area contributed by atoms with E-state index in [1.54, 1.807) is 0 Å². The lowest BCUT2D eigenvalue weighted by Crippen LogP contribution is -2.32. The zero-order chi connectivity index (χ0) is 17.2. The molecule has 3 N–H and O–H groups in total. The molecule has 4 rings (SSSR count). The zero-order valence-corrected chi connectivity index (χ0v) is 15.3. The highest BCUT2D eigenvalue weighted by Gasteiger charge is 2.25. The van der Waals surface area contributed by atoms with E-state index in [2.05, 4.69) is 28.5 Å². The van der Waals surface area contributed by atoms with Crippen LogP contribution in [0.15, 0.2) is 23.6 Å². The maximum absolute atomic E-state index is 12.4. The topological polar surface area (TPSA) is 68.0 Å². The van der Waals surface area contributed by atoms with Gasteiger partial charge in [0, 0.05) is 22.9 Å². The fraction of sp³-hybridized carbons (Fsp3) is 0.500. The number of hydrogen-bond acceptors (Lipinski definition) is 4. The van der Waals surface area contributed by atoms with E-state index in [1.807, 2.05) is 5.38 Å². The van der Waals surface area contributed by atoms with Crippen molar-refractivity contribution in [3.63, 3.8) is 0 Å². The number of carbonyl (C=O) groups is 1. The molecule has 0 aliphatic heterocycles. The van der Waals surface area contributed by atoms with E-state index in [1.165, 1.54) is 48.1 Å². The first kappa shape index (κ1) is 16.7. The van der Waals surface area contributed by atoms with E-state index in [-0.39, 0.29) is 17.9 Å². The molecule has 1 heterocycles. The van der Waals surface area contributed by atoms with Crippen molar-refractivity contribution in [2.75, 3.05) is 5.32 Å². The average molecular weight is 356 g/mol. The molecule has 0 bridgehead atoms. The van der Waals surface area contributed by atoms with Gasteiger partial charge in [0.2, 0.25) is 5.91 Å². The van der Waals surface area contributed by atoms with Crippen molar-refractivity contribution in [3.8, 4) is 11.3 Å². The normalized spacial score (nSPS) is 23.1. The second-order valence-electron chi connectivity index (χ2n) is 7.33. The van der Waals surface area contributed by atoms with Gasteiger partial charge in [0.15, 0.2) is 5.13 Å². The van der Waals surface area contributed by atoms with E-state index in [0.29, 0.717) is 5.13 Å². The number of aromatic nitrogens is 1. The van der Waals surface area contributed by atoms with E-state index >= 15 is 0 Å². The highest BCUT2D eigenvalue weighted by atomic mass is 32.1. The Hall–Kier alpha value is -1.72. The van der Waals surface area contributed by atoms with Crippen LogP contribution in [0.5, 0.6) is 0 Å². The summed E-state index contributed by atoms with van der Waals surface area (Å²) in [4.78, 5) is 17.1. The number of anilines is 1. The van der Waals surface area contributed by atoms with E-state index < -0.39 is 0 Å². The average Bonchev–Trinajstić information content (AvgIpc) is 3.10. The second kappa shape index (κ2) is 7.26. The van der Waals surface area contributed by atoms with Crippen LogP contribution in [-0.2, 0) is 17.6 Å². The van der Waals surface area contributed by atoms with E-state index in [0.717, 1.165) is 36.9 Å². The van der Waals surface area contributed by atoms with Crippen molar-refractivity contribution in [1.29, 1.82) is 0 Å². The first-order valence-corrected chi connectivity index (χ1v) is 10.2. The molecule has 1 aromatic carbocycles. The van der Waals surface area contributed by atoms with Crippen LogP contribution in [0.2, 0.25) is 0 Å². The molecule has 2 aliphatic rings.